The summed E-state index contributed by atoms with van der Waals surface area (Å²) in [6.45, 7) is 0. The highest BCUT2D eigenvalue weighted by atomic mass is 16.4. The van der Waals surface area contributed by atoms with E-state index < -0.39 is 5.97 Å². The van der Waals surface area contributed by atoms with Gasteiger partial charge < -0.3 is 10.4 Å². The van der Waals surface area contributed by atoms with Crippen molar-refractivity contribution >= 4 is 11.9 Å². The van der Waals surface area contributed by atoms with Crippen molar-refractivity contribution in [3.63, 3.8) is 0 Å². The smallest absolute Gasteiger partial charge is 0.335 e. The van der Waals surface area contributed by atoms with E-state index >= 15 is 0 Å². The van der Waals surface area contributed by atoms with E-state index in [1.807, 2.05) is 30.3 Å². The molecule has 0 atom stereocenters. The molecule has 1 fully saturated rings. The fourth-order valence-corrected chi connectivity index (χ4v) is 2.89. The van der Waals surface area contributed by atoms with Crippen LogP contribution in [0.1, 0.15) is 40.7 Å². The number of carbonyl (C=O) groups is 2. The van der Waals surface area contributed by atoms with Crippen LogP contribution in [0.25, 0.3) is 0 Å². The summed E-state index contributed by atoms with van der Waals surface area (Å²) >= 11 is 0. The lowest BCUT2D eigenvalue weighted by molar-refractivity contribution is -0.122. The van der Waals surface area contributed by atoms with Gasteiger partial charge in [-0.3, -0.25) is 4.79 Å². The summed E-state index contributed by atoms with van der Waals surface area (Å²) in [7, 11) is 0. The third kappa shape index (κ3) is 3.42. The summed E-state index contributed by atoms with van der Waals surface area (Å²) in [5.41, 5.74) is 1.88. The monoisotopic (exact) mass is 309 g/mol. The predicted octanol–water partition coefficient (Wildman–Crippen LogP) is 3.12. The minimum atomic E-state index is -0.955. The maximum atomic E-state index is 12.3. The normalized spacial score (nSPS) is 15.0. The number of aromatic carboxylic acids is 1. The van der Waals surface area contributed by atoms with Gasteiger partial charge in [0.15, 0.2) is 0 Å². The Bertz CT molecular complexity index is 720. The van der Waals surface area contributed by atoms with Crippen molar-refractivity contribution in [2.45, 2.75) is 31.2 Å². The molecular formula is C19H19NO3. The van der Waals surface area contributed by atoms with Gasteiger partial charge in [-0.05, 0) is 36.5 Å². The van der Waals surface area contributed by atoms with Crippen LogP contribution in [0, 0.1) is 0 Å². The quantitative estimate of drug-likeness (QED) is 0.861. The highest BCUT2D eigenvalue weighted by Gasteiger charge is 2.45. The molecule has 4 heteroatoms. The highest BCUT2D eigenvalue weighted by molar-refractivity contribution is 5.89. The summed E-state index contributed by atoms with van der Waals surface area (Å²) < 4.78 is 0. The van der Waals surface area contributed by atoms with E-state index in [4.69, 9.17) is 0 Å². The topological polar surface area (TPSA) is 66.4 Å². The van der Waals surface area contributed by atoms with Gasteiger partial charge in [-0.25, -0.2) is 4.79 Å². The van der Waals surface area contributed by atoms with E-state index in [1.54, 1.807) is 24.3 Å². The Balaban J connectivity index is 1.62. The Labute approximate surface area is 135 Å². The number of rotatable bonds is 6. The molecule has 0 bridgehead atoms. The Morgan fingerprint density at radius 1 is 1.00 bits per heavy atom. The van der Waals surface area contributed by atoms with Crippen LogP contribution < -0.4 is 5.32 Å². The zero-order valence-corrected chi connectivity index (χ0v) is 12.8. The van der Waals surface area contributed by atoms with Crippen LogP contribution in [0.2, 0.25) is 0 Å². The Morgan fingerprint density at radius 3 is 2.30 bits per heavy atom. The van der Waals surface area contributed by atoms with E-state index in [-0.39, 0.29) is 17.0 Å². The molecule has 2 N–H and O–H groups in total. The number of nitrogens with one attached hydrogen (secondary N) is 1. The Kier molecular flexibility index (Phi) is 4.15. The van der Waals surface area contributed by atoms with Crippen LogP contribution in [0.3, 0.4) is 0 Å². The van der Waals surface area contributed by atoms with E-state index in [9.17, 15) is 14.7 Å². The predicted molar refractivity (Wildman–Crippen MR) is 87.2 cm³/mol. The van der Waals surface area contributed by atoms with E-state index in [0.717, 1.165) is 18.4 Å². The molecule has 2 aromatic carbocycles. The number of hydrogen-bond donors (Lipinski definition) is 2. The van der Waals surface area contributed by atoms with Crippen molar-refractivity contribution < 1.29 is 14.7 Å². The molecule has 0 radical (unpaired) electrons. The van der Waals surface area contributed by atoms with E-state index in [2.05, 4.69) is 5.32 Å². The Morgan fingerprint density at radius 2 is 1.65 bits per heavy atom. The molecule has 0 aliphatic heterocycles. The molecule has 118 valence electrons. The van der Waals surface area contributed by atoms with Gasteiger partial charge in [0.05, 0.1) is 11.1 Å². The van der Waals surface area contributed by atoms with Gasteiger partial charge in [-0.15, -0.1) is 0 Å². The lowest BCUT2D eigenvalue weighted by atomic mass is 10.0. The molecule has 0 heterocycles. The van der Waals surface area contributed by atoms with E-state index in [0.29, 0.717) is 18.4 Å². The second kappa shape index (κ2) is 6.24. The van der Waals surface area contributed by atoms with Crippen LogP contribution in [0.15, 0.2) is 54.6 Å². The van der Waals surface area contributed by atoms with Crippen molar-refractivity contribution in [3.8, 4) is 0 Å². The SMILES string of the molecule is O=C(CCc1ccccc1C(=O)O)NC1(c2ccccc2)CC1. The average molecular weight is 309 g/mol. The molecule has 23 heavy (non-hydrogen) atoms. The largest absolute Gasteiger partial charge is 0.478 e. The molecule has 1 aliphatic carbocycles. The summed E-state index contributed by atoms with van der Waals surface area (Å²) in [4.78, 5) is 23.5. The third-order valence-electron chi connectivity index (χ3n) is 4.32. The van der Waals surface area contributed by atoms with Crippen molar-refractivity contribution in [1.82, 2.24) is 5.32 Å². The van der Waals surface area contributed by atoms with Gasteiger partial charge in [0.1, 0.15) is 0 Å². The van der Waals surface area contributed by atoms with Crippen LogP contribution in [0.5, 0.6) is 0 Å². The van der Waals surface area contributed by atoms with Crippen LogP contribution in [-0.4, -0.2) is 17.0 Å². The van der Waals surface area contributed by atoms with Crippen molar-refractivity contribution in [3.05, 3.63) is 71.3 Å². The van der Waals surface area contributed by atoms with Gasteiger partial charge in [-0.1, -0.05) is 48.5 Å². The standard InChI is InChI=1S/C19H19NO3/c21-17(11-10-14-6-4-5-9-16(14)18(22)23)20-19(12-13-19)15-7-2-1-3-8-15/h1-9H,10-13H2,(H,20,21)(H,22,23). The van der Waals surface area contributed by atoms with Crippen LogP contribution in [-0.2, 0) is 16.8 Å². The first-order chi connectivity index (χ1) is 11.1. The van der Waals surface area contributed by atoms with Gasteiger partial charge in [0.2, 0.25) is 5.91 Å². The van der Waals surface area contributed by atoms with Crippen LogP contribution in [0.4, 0.5) is 0 Å². The van der Waals surface area contributed by atoms with E-state index in [1.165, 1.54) is 0 Å². The molecular weight excluding hydrogens is 290 g/mol. The average Bonchev–Trinajstić information content (AvgIpc) is 3.34. The third-order valence-corrected chi connectivity index (χ3v) is 4.32. The Hall–Kier alpha value is -2.62. The lowest BCUT2D eigenvalue weighted by Gasteiger charge is -2.18. The number of hydrogen-bond acceptors (Lipinski definition) is 2. The van der Waals surface area contributed by atoms with Gasteiger partial charge in [0, 0.05) is 6.42 Å². The lowest BCUT2D eigenvalue weighted by Crippen LogP contribution is -2.35. The molecule has 0 saturated heterocycles. The summed E-state index contributed by atoms with van der Waals surface area (Å²) in [5, 5.41) is 12.3. The molecule has 0 spiro atoms. The molecule has 1 saturated carbocycles. The molecule has 1 aliphatic rings. The van der Waals surface area contributed by atoms with Crippen molar-refractivity contribution in [2.75, 3.05) is 0 Å². The maximum Gasteiger partial charge on any atom is 0.335 e. The molecule has 2 aromatic rings. The maximum absolute atomic E-state index is 12.3. The number of aryl methyl sites for hydroxylation is 1. The summed E-state index contributed by atoms with van der Waals surface area (Å²) in [6, 6.07) is 16.8. The van der Waals surface area contributed by atoms with Gasteiger partial charge >= 0.3 is 5.97 Å². The van der Waals surface area contributed by atoms with Gasteiger partial charge in [-0.2, -0.15) is 0 Å². The number of carbonyl (C=O) groups excluding carboxylic acids is 1. The molecule has 0 unspecified atom stereocenters. The molecule has 3 rings (SSSR count). The zero-order chi connectivity index (χ0) is 16.3. The second-order valence-corrected chi connectivity index (χ2v) is 5.96. The molecule has 1 amide bonds. The fourth-order valence-electron chi connectivity index (χ4n) is 2.89. The number of carboxylic acid groups (broad SMARTS) is 1. The highest BCUT2D eigenvalue weighted by Crippen LogP contribution is 2.45. The van der Waals surface area contributed by atoms with Crippen LogP contribution >= 0.6 is 0 Å². The minimum absolute atomic E-state index is 0.0356. The first-order valence-electron chi connectivity index (χ1n) is 7.78. The minimum Gasteiger partial charge on any atom is -0.478 e. The first-order valence-corrected chi connectivity index (χ1v) is 7.78. The summed E-state index contributed by atoms with van der Waals surface area (Å²) in [6.07, 6.45) is 2.63. The number of amides is 1. The van der Waals surface area contributed by atoms with Crippen molar-refractivity contribution in [2.24, 2.45) is 0 Å². The van der Waals surface area contributed by atoms with Gasteiger partial charge in [0.25, 0.3) is 0 Å². The molecule has 4 nitrogen and oxygen atoms in total. The zero-order valence-electron chi connectivity index (χ0n) is 12.8. The fraction of sp³-hybridized carbons (Fsp3) is 0.263. The van der Waals surface area contributed by atoms with Crippen molar-refractivity contribution in [1.29, 1.82) is 0 Å². The first kappa shape index (κ1) is 15.3. The summed E-state index contributed by atoms with van der Waals surface area (Å²) in [5.74, 6) is -0.990. The number of benzene rings is 2. The number of carboxylic acids is 1. The second-order valence-electron chi connectivity index (χ2n) is 5.96. The molecule has 0 aromatic heterocycles.